The van der Waals surface area contributed by atoms with Gasteiger partial charge in [-0.05, 0) is 56.1 Å². The summed E-state index contributed by atoms with van der Waals surface area (Å²) in [6.07, 6.45) is 2.51. The minimum atomic E-state index is -1.22. The molecule has 2 aliphatic heterocycles. The first-order chi connectivity index (χ1) is 13.2. The van der Waals surface area contributed by atoms with Crippen LogP contribution < -0.4 is 4.90 Å². The van der Waals surface area contributed by atoms with Crippen LogP contribution in [0, 0.1) is 11.3 Å². The smallest absolute Gasteiger partial charge is 0.0992 e. The van der Waals surface area contributed by atoms with Gasteiger partial charge in [0.15, 0.2) is 0 Å². The normalized spacial score (nSPS) is 20.0. The van der Waals surface area contributed by atoms with Crippen molar-refractivity contribution in [1.82, 2.24) is 4.90 Å². The molecule has 4 rings (SSSR count). The summed E-state index contributed by atoms with van der Waals surface area (Å²) < 4.78 is 13.0. The lowest BCUT2D eigenvalue weighted by molar-refractivity contribution is 0.0824. The number of anilines is 2. The van der Waals surface area contributed by atoms with Gasteiger partial charge in [0, 0.05) is 19.6 Å². The lowest BCUT2D eigenvalue weighted by atomic mass is 10.1. The van der Waals surface area contributed by atoms with Gasteiger partial charge in [0.2, 0.25) is 0 Å². The highest BCUT2D eigenvalue weighted by Gasteiger charge is 2.28. The fraction of sp³-hybridized carbons (Fsp3) is 0.381. The van der Waals surface area contributed by atoms with Crippen LogP contribution >= 0.6 is 0 Å². The van der Waals surface area contributed by atoms with Crippen molar-refractivity contribution in [3.63, 3.8) is 0 Å². The Morgan fingerprint density at radius 1 is 1.07 bits per heavy atom. The predicted molar refractivity (Wildman–Crippen MR) is 106 cm³/mol. The van der Waals surface area contributed by atoms with Crippen LogP contribution in [0.5, 0.6) is 0 Å². The summed E-state index contributed by atoms with van der Waals surface area (Å²) in [5, 5.41) is 18.9. The van der Waals surface area contributed by atoms with E-state index in [0.29, 0.717) is 5.56 Å². The zero-order valence-corrected chi connectivity index (χ0v) is 16.0. The van der Waals surface area contributed by atoms with E-state index in [9.17, 15) is 14.6 Å². The first kappa shape index (κ1) is 18.2. The molecule has 0 amide bonds. The van der Waals surface area contributed by atoms with Gasteiger partial charge in [0.25, 0.3) is 0 Å². The summed E-state index contributed by atoms with van der Waals surface area (Å²) in [5.74, 6) is 0. The molecule has 140 valence electrons. The van der Waals surface area contributed by atoms with Gasteiger partial charge in [-0.25, -0.2) is 4.21 Å². The number of aliphatic hydroxyl groups is 1. The SMILES string of the molecule is N#Cc1ccc2c(c1)N(CCCN1CCC(O)CC1)c1ccccc1S2=O. The van der Waals surface area contributed by atoms with Gasteiger partial charge in [-0.2, -0.15) is 5.26 Å². The summed E-state index contributed by atoms with van der Waals surface area (Å²) >= 11 is 0. The van der Waals surface area contributed by atoms with Crippen molar-refractivity contribution in [2.75, 3.05) is 31.1 Å². The molecule has 0 aromatic heterocycles. The van der Waals surface area contributed by atoms with Crippen LogP contribution in [0.1, 0.15) is 24.8 Å². The number of nitriles is 1. The van der Waals surface area contributed by atoms with Crippen molar-refractivity contribution in [2.45, 2.75) is 35.2 Å². The number of piperidine rings is 1. The van der Waals surface area contributed by atoms with Crippen molar-refractivity contribution in [1.29, 1.82) is 5.26 Å². The van der Waals surface area contributed by atoms with E-state index in [2.05, 4.69) is 15.9 Å². The number of hydrogen-bond acceptors (Lipinski definition) is 5. The topological polar surface area (TPSA) is 67.6 Å². The molecule has 1 N–H and O–H groups in total. The number of fused-ring (bicyclic) bond motifs is 2. The molecule has 5 nitrogen and oxygen atoms in total. The monoisotopic (exact) mass is 381 g/mol. The molecule has 0 aliphatic carbocycles. The van der Waals surface area contributed by atoms with Crippen LogP contribution in [-0.4, -0.2) is 46.5 Å². The number of likely N-dealkylation sites (tertiary alicyclic amines) is 1. The molecule has 1 fully saturated rings. The average molecular weight is 382 g/mol. The zero-order valence-electron chi connectivity index (χ0n) is 15.2. The minimum absolute atomic E-state index is 0.151. The second-order valence-corrected chi connectivity index (χ2v) is 8.53. The summed E-state index contributed by atoms with van der Waals surface area (Å²) in [6.45, 7) is 3.66. The molecule has 27 heavy (non-hydrogen) atoms. The molecule has 2 aromatic rings. The quantitative estimate of drug-likeness (QED) is 0.882. The number of aliphatic hydroxyl groups excluding tert-OH is 1. The van der Waals surface area contributed by atoms with E-state index in [1.807, 2.05) is 36.4 Å². The molecule has 0 spiro atoms. The number of rotatable bonds is 4. The van der Waals surface area contributed by atoms with E-state index in [4.69, 9.17) is 0 Å². The van der Waals surface area contributed by atoms with Crippen LogP contribution in [0.3, 0.4) is 0 Å². The lowest BCUT2D eigenvalue weighted by Crippen LogP contribution is -2.37. The molecule has 0 saturated carbocycles. The zero-order chi connectivity index (χ0) is 18.8. The van der Waals surface area contributed by atoms with Crippen molar-refractivity contribution >= 4 is 22.2 Å². The first-order valence-electron chi connectivity index (χ1n) is 9.40. The Hall–Kier alpha value is -2.20. The Kier molecular flexibility index (Phi) is 5.26. The van der Waals surface area contributed by atoms with E-state index >= 15 is 0 Å². The number of nitrogens with zero attached hydrogens (tertiary/aromatic N) is 3. The van der Waals surface area contributed by atoms with E-state index in [1.54, 1.807) is 6.07 Å². The van der Waals surface area contributed by atoms with Gasteiger partial charge in [0.05, 0.1) is 49.7 Å². The fourth-order valence-corrected chi connectivity index (χ4v) is 5.23. The minimum Gasteiger partial charge on any atom is -0.393 e. The highest BCUT2D eigenvalue weighted by molar-refractivity contribution is 7.85. The van der Waals surface area contributed by atoms with Crippen LogP contribution in [0.2, 0.25) is 0 Å². The van der Waals surface area contributed by atoms with Crippen LogP contribution in [-0.2, 0) is 10.8 Å². The summed E-state index contributed by atoms with van der Waals surface area (Å²) in [7, 11) is -1.22. The Morgan fingerprint density at radius 3 is 2.59 bits per heavy atom. The molecule has 1 atom stereocenters. The summed E-state index contributed by atoms with van der Waals surface area (Å²) in [5.41, 5.74) is 2.42. The highest BCUT2D eigenvalue weighted by atomic mass is 32.2. The molecule has 1 saturated heterocycles. The second-order valence-electron chi connectivity index (χ2n) is 7.11. The molecule has 6 heteroatoms. The van der Waals surface area contributed by atoms with Crippen LogP contribution in [0.4, 0.5) is 11.4 Å². The van der Waals surface area contributed by atoms with E-state index in [0.717, 1.165) is 66.6 Å². The number of benzene rings is 2. The molecular formula is C21H23N3O2S. The third-order valence-electron chi connectivity index (χ3n) is 5.35. The molecule has 1 unspecified atom stereocenters. The van der Waals surface area contributed by atoms with Gasteiger partial charge in [-0.15, -0.1) is 0 Å². The molecule has 0 radical (unpaired) electrons. The second kappa shape index (κ2) is 7.81. The van der Waals surface area contributed by atoms with Gasteiger partial charge in [-0.1, -0.05) is 12.1 Å². The van der Waals surface area contributed by atoms with Crippen molar-refractivity contribution in [3.05, 3.63) is 48.0 Å². The fourth-order valence-electron chi connectivity index (χ4n) is 3.88. The maximum atomic E-state index is 13.0. The van der Waals surface area contributed by atoms with Gasteiger partial charge in [0.1, 0.15) is 0 Å². The van der Waals surface area contributed by atoms with E-state index in [1.165, 1.54) is 0 Å². The van der Waals surface area contributed by atoms with Gasteiger partial charge < -0.3 is 14.9 Å². The van der Waals surface area contributed by atoms with Crippen LogP contribution in [0.25, 0.3) is 0 Å². The third kappa shape index (κ3) is 3.63. The molecular weight excluding hydrogens is 358 g/mol. The molecule has 2 heterocycles. The maximum Gasteiger partial charge on any atom is 0.0992 e. The predicted octanol–water partition coefficient (Wildman–Crippen LogP) is 3.02. The third-order valence-corrected chi connectivity index (χ3v) is 6.84. The standard InChI is InChI=1S/C21H23N3O2S/c22-15-16-6-7-21-19(14-16)24(18-4-1-2-5-20(18)27(21)26)11-3-10-23-12-8-17(25)9-13-23/h1-2,4-7,14,17,25H,3,8-13H2. The summed E-state index contributed by atoms with van der Waals surface area (Å²) in [4.78, 5) is 6.20. The Balaban J connectivity index is 1.57. The van der Waals surface area contributed by atoms with E-state index in [-0.39, 0.29) is 6.10 Å². The highest BCUT2D eigenvalue weighted by Crippen LogP contribution is 2.42. The Bertz CT molecular complexity index is 901. The number of para-hydroxylation sites is 1. The Morgan fingerprint density at radius 2 is 1.81 bits per heavy atom. The molecule has 2 aliphatic rings. The van der Waals surface area contributed by atoms with Crippen molar-refractivity contribution < 1.29 is 9.32 Å². The largest absolute Gasteiger partial charge is 0.393 e. The van der Waals surface area contributed by atoms with Crippen molar-refractivity contribution in [2.24, 2.45) is 0 Å². The lowest BCUT2D eigenvalue weighted by Gasteiger charge is -2.34. The maximum absolute atomic E-state index is 13.0. The average Bonchev–Trinajstić information content (AvgIpc) is 2.71. The number of hydrogen-bond donors (Lipinski definition) is 1. The van der Waals surface area contributed by atoms with Crippen LogP contribution in [0.15, 0.2) is 52.3 Å². The summed E-state index contributed by atoms with van der Waals surface area (Å²) in [6, 6.07) is 15.4. The molecule has 0 bridgehead atoms. The molecule has 2 aromatic carbocycles. The first-order valence-corrected chi connectivity index (χ1v) is 10.6. The van der Waals surface area contributed by atoms with E-state index < -0.39 is 10.8 Å². The Labute approximate surface area is 162 Å². The van der Waals surface area contributed by atoms with Crippen molar-refractivity contribution in [3.8, 4) is 6.07 Å². The van der Waals surface area contributed by atoms with Gasteiger partial charge >= 0.3 is 0 Å². The van der Waals surface area contributed by atoms with Gasteiger partial charge in [-0.3, -0.25) is 0 Å².